The van der Waals surface area contributed by atoms with Crippen LogP contribution in [0.2, 0.25) is 5.02 Å². The molecule has 1 aromatic heterocycles. The van der Waals surface area contributed by atoms with Gasteiger partial charge in [-0.3, -0.25) is 4.79 Å². The number of benzene rings is 3. The zero-order chi connectivity index (χ0) is 33.7. The number of rotatable bonds is 9. The van der Waals surface area contributed by atoms with Crippen LogP contribution in [-0.2, 0) is 22.3 Å². The van der Waals surface area contributed by atoms with Gasteiger partial charge in [-0.1, -0.05) is 29.8 Å². The minimum atomic E-state index is -0.971. The Morgan fingerprint density at radius 2 is 1.83 bits per heavy atom. The van der Waals surface area contributed by atoms with E-state index in [9.17, 15) is 19.5 Å². The largest absolute Gasteiger partial charge is 0.465 e. The van der Waals surface area contributed by atoms with E-state index in [1.165, 1.54) is 31.6 Å². The maximum Gasteiger partial charge on any atom is 0.410 e. The predicted molar refractivity (Wildman–Crippen MR) is 176 cm³/mol. The van der Waals surface area contributed by atoms with E-state index in [0.717, 1.165) is 11.1 Å². The average molecular weight is 661 g/mol. The zero-order valence-electron chi connectivity index (χ0n) is 26.6. The number of halogens is 1. The second kappa shape index (κ2) is 14.3. The monoisotopic (exact) mass is 660 g/mol. The summed E-state index contributed by atoms with van der Waals surface area (Å²) >= 11 is 6.16. The summed E-state index contributed by atoms with van der Waals surface area (Å²) in [6, 6.07) is 20.1. The smallest absolute Gasteiger partial charge is 0.410 e. The van der Waals surface area contributed by atoms with Gasteiger partial charge in [0.2, 0.25) is 0 Å². The fourth-order valence-electron chi connectivity index (χ4n) is 5.44. The summed E-state index contributed by atoms with van der Waals surface area (Å²) in [4.78, 5) is 40.1. The first-order chi connectivity index (χ1) is 22.4. The van der Waals surface area contributed by atoms with Crippen molar-refractivity contribution in [1.29, 1.82) is 0 Å². The Kier molecular flexibility index (Phi) is 10.2. The fraction of sp³-hybridized carbons (Fsp3) is 0.306. The van der Waals surface area contributed by atoms with Gasteiger partial charge >= 0.3 is 12.1 Å². The van der Waals surface area contributed by atoms with Gasteiger partial charge in [-0.25, -0.2) is 9.59 Å². The Morgan fingerprint density at radius 1 is 1.02 bits per heavy atom. The van der Waals surface area contributed by atoms with Crippen LogP contribution in [0, 0.1) is 0 Å². The van der Waals surface area contributed by atoms with Crippen LogP contribution in [0.25, 0.3) is 0 Å². The molecule has 2 N–H and O–H groups in total. The van der Waals surface area contributed by atoms with Gasteiger partial charge in [0.05, 0.1) is 31.6 Å². The Labute approximate surface area is 278 Å². The summed E-state index contributed by atoms with van der Waals surface area (Å²) in [7, 11) is 1.27. The van der Waals surface area contributed by atoms with Crippen LogP contribution in [0.15, 0.2) is 83.5 Å². The summed E-state index contributed by atoms with van der Waals surface area (Å²) in [5.74, 6) is -0.176. The summed E-state index contributed by atoms with van der Waals surface area (Å²) < 4.78 is 22.0. The number of nitrogens with zero attached hydrogens (tertiary/aromatic N) is 1. The van der Waals surface area contributed by atoms with E-state index in [4.69, 9.17) is 30.2 Å². The molecule has 0 saturated heterocycles. The van der Waals surface area contributed by atoms with E-state index in [0.29, 0.717) is 47.0 Å². The second-order valence-electron chi connectivity index (χ2n) is 12.3. The molecule has 11 heteroatoms. The molecule has 10 nitrogen and oxygen atoms in total. The quantitative estimate of drug-likeness (QED) is 0.176. The lowest BCUT2D eigenvalue weighted by Gasteiger charge is -2.37. The van der Waals surface area contributed by atoms with E-state index in [1.807, 2.05) is 18.2 Å². The molecule has 1 aliphatic rings. The van der Waals surface area contributed by atoms with Crippen molar-refractivity contribution < 1.29 is 38.1 Å². The standard InChI is InChI=1S/C36H37ClN2O8/c1-36(2,3)47-35(43)39(21-31(40)23-7-5-8-26(37)15-23)28-12-10-22-11-13-29(18-24(22)17-28)46-30-19-25(34(42)44-4)16-27(20-30)38-33(41)32-9-6-14-45-32/h5-9,11,13-16,18-20,28,31,40H,10,12,17,21H2,1-4H3,(H,38,41)/t28-,31-/m0/s1. The summed E-state index contributed by atoms with van der Waals surface area (Å²) in [6.45, 7) is 5.44. The second-order valence-corrected chi connectivity index (χ2v) is 12.7. The van der Waals surface area contributed by atoms with Crippen LogP contribution in [-0.4, -0.2) is 53.3 Å². The number of aryl methyl sites for hydroxylation is 1. The number of ether oxygens (including phenoxy) is 3. The van der Waals surface area contributed by atoms with Crippen LogP contribution in [0.5, 0.6) is 11.5 Å². The Hall–Kier alpha value is -4.80. The van der Waals surface area contributed by atoms with Crippen LogP contribution >= 0.6 is 11.6 Å². The molecular formula is C36H37ClN2O8. The summed E-state index contributed by atoms with van der Waals surface area (Å²) in [5.41, 5.74) is 2.46. The van der Waals surface area contributed by atoms with E-state index in [1.54, 1.807) is 62.1 Å². The number of amides is 2. The van der Waals surface area contributed by atoms with Gasteiger partial charge in [-0.05, 0) is 105 Å². The van der Waals surface area contributed by atoms with E-state index in [-0.39, 0.29) is 23.9 Å². The molecule has 47 heavy (non-hydrogen) atoms. The summed E-state index contributed by atoms with van der Waals surface area (Å²) in [5, 5.41) is 14.3. The van der Waals surface area contributed by atoms with Gasteiger partial charge in [0.25, 0.3) is 5.91 Å². The number of aliphatic hydroxyl groups is 1. The van der Waals surface area contributed by atoms with E-state index in [2.05, 4.69) is 5.32 Å². The maximum absolute atomic E-state index is 13.5. The molecule has 5 rings (SSSR count). The molecule has 246 valence electrons. The SMILES string of the molecule is COC(=O)c1cc(NC(=O)c2ccco2)cc(Oc2ccc3c(c2)C[C@@H](N(C[C@H](O)c2cccc(Cl)c2)C(=O)OC(C)(C)C)CC3)c1. The minimum Gasteiger partial charge on any atom is -0.465 e. The van der Waals surface area contributed by atoms with Gasteiger partial charge in [0.1, 0.15) is 17.1 Å². The van der Waals surface area contributed by atoms with Crippen LogP contribution < -0.4 is 10.1 Å². The van der Waals surface area contributed by atoms with Gasteiger partial charge in [0, 0.05) is 22.8 Å². The highest BCUT2D eigenvalue weighted by molar-refractivity contribution is 6.30. The van der Waals surface area contributed by atoms with Crippen molar-refractivity contribution in [2.75, 3.05) is 19.0 Å². The number of esters is 1. The van der Waals surface area contributed by atoms with Crippen LogP contribution in [0.4, 0.5) is 10.5 Å². The number of aliphatic hydroxyl groups excluding tert-OH is 1. The average Bonchev–Trinajstić information content (AvgIpc) is 3.57. The van der Waals surface area contributed by atoms with Crippen molar-refractivity contribution in [3.05, 3.63) is 112 Å². The predicted octanol–water partition coefficient (Wildman–Crippen LogP) is 7.59. The normalized spacial score (nSPS) is 14.8. The lowest BCUT2D eigenvalue weighted by atomic mass is 9.87. The molecule has 4 aromatic rings. The number of methoxy groups -OCH3 is 1. The van der Waals surface area contributed by atoms with Gasteiger partial charge in [-0.2, -0.15) is 0 Å². The number of furan rings is 1. The number of carbonyl (C=O) groups excluding carboxylic acids is 3. The molecule has 0 unspecified atom stereocenters. The van der Waals surface area contributed by atoms with Crippen LogP contribution in [0.1, 0.15) is 70.9 Å². The molecule has 0 bridgehead atoms. The molecular weight excluding hydrogens is 624 g/mol. The van der Waals surface area contributed by atoms with Crippen molar-refractivity contribution >= 4 is 35.3 Å². The Balaban J connectivity index is 1.38. The van der Waals surface area contributed by atoms with Gasteiger partial charge in [-0.15, -0.1) is 0 Å². The molecule has 3 aromatic carbocycles. The maximum atomic E-state index is 13.5. The summed E-state index contributed by atoms with van der Waals surface area (Å²) in [6.07, 6.45) is 1.79. The van der Waals surface area contributed by atoms with Crippen molar-refractivity contribution in [2.45, 2.75) is 57.8 Å². The highest BCUT2D eigenvalue weighted by atomic mass is 35.5. The van der Waals surface area contributed by atoms with Crippen molar-refractivity contribution in [2.24, 2.45) is 0 Å². The minimum absolute atomic E-state index is 0.0261. The highest BCUT2D eigenvalue weighted by Crippen LogP contribution is 2.33. The number of anilines is 1. The highest BCUT2D eigenvalue weighted by Gasteiger charge is 2.33. The lowest BCUT2D eigenvalue weighted by Crippen LogP contribution is -2.47. The Morgan fingerprint density at radius 3 is 2.53 bits per heavy atom. The number of hydrogen-bond acceptors (Lipinski definition) is 8. The molecule has 0 fully saturated rings. The van der Waals surface area contributed by atoms with Crippen LogP contribution in [0.3, 0.4) is 0 Å². The van der Waals surface area contributed by atoms with Gasteiger partial charge < -0.3 is 34.0 Å². The van der Waals surface area contributed by atoms with Crippen molar-refractivity contribution in [3.63, 3.8) is 0 Å². The number of carbonyl (C=O) groups is 3. The first kappa shape index (κ1) is 33.6. The molecule has 0 radical (unpaired) electrons. The molecule has 2 atom stereocenters. The Bertz CT molecular complexity index is 1750. The third kappa shape index (κ3) is 8.72. The number of fused-ring (bicyclic) bond motifs is 1. The lowest BCUT2D eigenvalue weighted by molar-refractivity contribution is 0.00194. The van der Waals surface area contributed by atoms with Crippen molar-refractivity contribution in [1.82, 2.24) is 4.90 Å². The fourth-order valence-corrected chi connectivity index (χ4v) is 5.64. The third-order valence-corrected chi connectivity index (χ3v) is 7.85. The molecule has 2 amide bonds. The molecule has 0 saturated carbocycles. The molecule has 1 heterocycles. The first-order valence-electron chi connectivity index (χ1n) is 15.2. The number of nitrogens with one attached hydrogen (secondary N) is 1. The molecule has 0 spiro atoms. The zero-order valence-corrected chi connectivity index (χ0v) is 27.4. The topological polar surface area (TPSA) is 128 Å². The third-order valence-electron chi connectivity index (χ3n) is 7.62. The van der Waals surface area contributed by atoms with Crippen molar-refractivity contribution in [3.8, 4) is 11.5 Å². The van der Waals surface area contributed by atoms with Gasteiger partial charge in [0.15, 0.2) is 5.76 Å². The van der Waals surface area contributed by atoms with E-state index >= 15 is 0 Å². The molecule has 1 aliphatic carbocycles. The molecule has 0 aliphatic heterocycles. The first-order valence-corrected chi connectivity index (χ1v) is 15.6. The number of hydrogen-bond donors (Lipinski definition) is 2. The van der Waals surface area contributed by atoms with E-state index < -0.39 is 29.7 Å².